The lowest BCUT2D eigenvalue weighted by Gasteiger charge is -2.21. The van der Waals surface area contributed by atoms with Gasteiger partial charge in [-0.1, -0.05) is 153 Å². The molecule has 0 fully saturated rings. The van der Waals surface area contributed by atoms with E-state index in [1.54, 1.807) is 0 Å². The highest BCUT2D eigenvalue weighted by Crippen LogP contribution is 2.49. The van der Waals surface area contributed by atoms with Crippen LogP contribution in [0.4, 0.5) is 0 Å². The number of hydrogen-bond donors (Lipinski definition) is 0. The predicted molar refractivity (Wildman–Crippen MR) is 227 cm³/mol. The smallest absolute Gasteiger partial charge is 0.227 e. The van der Waals surface area contributed by atoms with Crippen molar-refractivity contribution in [1.29, 1.82) is 0 Å². The van der Waals surface area contributed by atoms with Crippen molar-refractivity contribution < 1.29 is 4.42 Å². The van der Waals surface area contributed by atoms with Gasteiger partial charge in [0.25, 0.3) is 0 Å². The molecule has 0 atom stereocenters. The van der Waals surface area contributed by atoms with E-state index in [4.69, 9.17) is 24.4 Å². The molecule has 1 aliphatic carbocycles. The molecule has 0 saturated heterocycles. The van der Waals surface area contributed by atoms with Crippen molar-refractivity contribution in [2.75, 3.05) is 0 Å². The van der Waals surface area contributed by atoms with Gasteiger partial charge in [-0.25, -0.2) is 19.9 Å². The van der Waals surface area contributed by atoms with Gasteiger partial charge in [-0.05, 0) is 79.9 Å². The SMILES string of the molecule is CC1(C)c2ccccc2-c2ccc(-c3nc(-c4cccc(-c5cccc6ccc7nc(-c8ccccc8)oc7c56)c4)nc(-c4cccc5ccccc45)n3)cc21. The van der Waals surface area contributed by atoms with Crippen molar-refractivity contribution in [2.24, 2.45) is 0 Å². The minimum absolute atomic E-state index is 0.153. The first-order chi connectivity index (χ1) is 27.5. The van der Waals surface area contributed by atoms with Gasteiger partial charge >= 0.3 is 0 Å². The van der Waals surface area contributed by atoms with Crippen LogP contribution >= 0.6 is 0 Å². The van der Waals surface area contributed by atoms with Crippen LogP contribution in [-0.4, -0.2) is 19.9 Å². The minimum Gasteiger partial charge on any atom is -0.435 e. The Morgan fingerprint density at radius 1 is 0.411 bits per heavy atom. The Hall–Kier alpha value is -7.24. The van der Waals surface area contributed by atoms with Crippen LogP contribution in [0.15, 0.2) is 174 Å². The van der Waals surface area contributed by atoms with Gasteiger partial charge in [0.15, 0.2) is 23.1 Å². The van der Waals surface area contributed by atoms with Crippen LogP contribution in [0.1, 0.15) is 25.0 Å². The molecule has 264 valence electrons. The molecule has 0 unspecified atom stereocenters. The third-order valence-electron chi connectivity index (χ3n) is 11.4. The fourth-order valence-electron chi connectivity index (χ4n) is 8.54. The molecule has 5 heteroatoms. The van der Waals surface area contributed by atoms with E-state index >= 15 is 0 Å². The second-order valence-corrected chi connectivity index (χ2v) is 15.0. The zero-order valence-corrected chi connectivity index (χ0v) is 30.9. The van der Waals surface area contributed by atoms with E-state index in [-0.39, 0.29) is 5.41 Å². The van der Waals surface area contributed by atoms with Crippen LogP contribution in [0.25, 0.3) is 101 Å². The van der Waals surface area contributed by atoms with Crippen LogP contribution in [0.5, 0.6) is 0 Å². The van der Waals surface area contributed by atoms with E-state index in [9.17, 15) is 0 Å². The summed E-state index contributed by atoms with van der Waals surface area (Å²) in [6, 6.07) is 59.1. The molecule has 1 aliphatic rings. The summed E-state index contributed by atoms with van der Waals surface area (Å²) in [6.07, 6.45) is 0. The van der Waals surface area contributed by atoms with Gasteiger partial charge in [0.2, 0.25) is 5.89 Å². The summed E-state index contributed by atoms with van der Waals surface area (Å²) in [5, 5.41) is 4.33. The average molecular weight is 719 g/mol. The summed E-state index contributed by atoms with van der Waals surface area (Å²) >= 11 is 0. The Labute approximate surface area is 324 Å². The number of benzene rings is 8. The fourth-order valence-corrected chi connectivity index (χ4v) is 8.54. The highest BCUT2D eigenvalue weighted by atomic mass is 16.3. The highest BCUT2D eigenvalue weighted by Gasteiger charge is 2.35. The molecule has 0 N–H and O–H groups in total. The maximum Gasteiger partial charge on any atom is 0.227 e. The van der Waals surface area contributed by atoms with Gasteiger partial charge in [-0.2, -0.15) is 0 Å². The standard InChI is InChI=1S/C51H34N4O/c1-51(2)42-24-9-8-21-39(42)40-27-25-36(30-43(40)51)48-53-47(54-49(55-48)41-23-11-16-31-13-6-7-20-37(31)41)35-19-10-18-34(29-35)38-22-12-17-32-26-28-44-46(45(32)38)56-50(52-44)33-14-4-3-5-15-33/h3-30H,1-2H3. The molecular formula is C51H34N4O. The molecule has 2 aromatic heterocycles. The van der Waals surface area contributed by atoms with Crippen molar-refractivity contribution in [3.05, 3.63) is 181 Å². The summed E-state index contributed by atoms with van der Waals surface area (Å²) in [7, 11) is 0. The first kappa shape index (κ1) is 32.2. The quantitative estimate of drug-likeness (QED) is 0.177. The molecule has 0 spiro atoms. The van der Waals surface area contributed by atoms with Gasteiger partial charge in [0.05, 0.1) is 0 Å². The maximum absolute atomic E-state index is 6.53. The molecule has 0 saturated carbocycles. The molecule has 5 nitrogen and oxygen atoms in total. The molecule has 2 heterocycles. The van der Waals surface area contributed by atoms with Crippen LogP contribution < -0.4 is 0 Å². The lowest BCUT2D eigenvalue weighted by molar-refractivity contribution is 0.623. The van der Waals surface area contributed by atoms with E-state index in [2.05, 4.69) is 147 Å². The molecular weight excluding hydrogens is 685 g/mol. The summed E-state index contributed by atoms with van der Waals surface area (Å²) in [5.74, 6) is 2.49. The van der Waals surface area contributed by atoms with Gasteiger partial charge < -0.3 is 4.42 Å². The van der Waals surface area contributed by atoms with Crippen LogP contribution in [-0.2, 0) is 5.41 Å². The number of nitrogens with zero attached hydrogens (tertiary/aromatic N) is 4. The first-order valence-corrected chi connectivity index (χ1v) is 19.0. The lowest BCUT2D eigenvalue weighted by Crippen LogP contribution is -2.15. The second kappa shape index (κ2) is 12.4. The Balaban J connectivity index is 1.09. The number of hydrogen-bond acceptors (Lipinski definition) is 5. The summed E-state index contributed by atoms with van der Waals surface area (Å²) < 4.78 is 6.53. The number of fused-ring (bicyclic) bond motifs is 7. The average Bonchev–Trinajstić information content (AvgIpc) is 3.80. The van der Waals surface area contributed by atoms with E-state index in [1.165, 1.54) is 22.3 Å². The number of aromatic nitrogens is 4. The van der Waals surface area contributed by atoms with Crippen LogP contribution in [0.3, 0.4) is 0 Å². The van der Waals surface area contributed by atoms with E-state index in [0.29, 0.717) is 23.4 Å². The van der Waals surface area contributed by atoms with Gasteiger partial charge in [0.1, 0.15) is 5.52 Å². The molecule has 11 rings (SSSR count). The van der Waals surface area contributed by atoms with Crippen molar-refractivity contribution in [1.82, 2.24) is 19.9 Å². The highest BCUT2D eigenvalue weighted by molar-refractivity contribution is 6.11. The summed E-state index contributed by atoms with van der Waals surface area (Å²) in [5.41, 5.74) is 12.4. The molecule has 8 aromatic carbocycles. The number of rotatable bonds is 5. The Morgan fingerprint density at radius 3 is 1.91 bits per heavy atom. The molecule has 0 bridgehead atoms. The van der Waals surface area contributed by atoms with Gasteiger partial charge in [-0.3, -0.25) is 0 Å². The maximum atomic E-state index is 6.53. The molecule has 10 aromatic rings. The monoisotopic (exact) mass is 718 g/mol. The van der Waals surface area contributed by atoms with Gasteiger partial charge in [-0.15, -0.1) is 0 Å². The normalized spacial score (nSPS) is 13.0. The second-order valence-electron chi connectivity index (χ2n) is 15.0. The van der Waals surface area contributed by atoms with Crippen LogP contribution in [0, 0.1) is 0 Å². The molecule has 0 amide bonds. The topological polar surface area (TPSA) is 64.7 Å². The number of oxazole rings is 1. The van der Waals surface area contributed by atoms with E-state index < -0.39 is 0 Å². The Morgan fingerprint density at radius 2 is 1.04 bits per heavy atom. The Bertz CT molecular complexity index is 3170. The first-order valence-electron chi connectivity index (χ1n) is 19.0. The fraction of sp³-hybridized carbons (Fsp3) is 0.0588. The predicted octanol–water partition coefficient (Wildman–Crippen LogP) is 13.0. The largest absolute Gasteiger partial charge is 0.435 e. The molecule has 0 radical (unpaired) electrons. The van der Waals surface area contributed by atoms with Crippen molar-refractivity contribution in [3.63, 3.8) is 0 Å². The minimum atomic E-state index is -0.153. The van der Waals surface area contributed by atoms with E-state index in [0.717, 1.165) is 66.0 Å². The summed E-state index contributed by atoms with van der Waals surface area (Å²) in [4.78, 5) is 20.5. The van der Waals surface area contributed by atoms with Gasteiger partial charge in [0, 0.05) is 33.1 Å². The van der Waals surface area contributed by atoms with Crippen LogP contribution in [0.2, 0.25) is 0 Å². The van der Waals surface area contributed by atoms with Crippen molar-refractivity contribution in [3.8, 4) is 67.9 Å². The van der Waals surface area contributed by atoms with E-state index in [1.807, 2.05) is 36.4 Å². The lowest BCUT2D eigenvalue weighted by atomic mass is 9.82. The Kier molecular flexibility index (Phi) is 7.13. The molecule has 56 heavy (non-hydrogen) atoms. The van der Waals surface area contributed by atoms with Crippen molar-refractivity contribution in [2.45, 2.75) is 19.3 Å². The zero-order chi connectivity index (χ0) is 37.4. The molecule has 0 aliphatic heterocycles. The third kappa shape index (κ3) is 5.09. The summed E-state index contributed by atoms with van der Waals surface area (Å²) in [6.45, 7) is 4.60. The third-order valence-corrected chi connectivity index (χ3v) is 11.4. The van der Waals surface area contributed by atoms with Crippen molar-refractivity contribution >= 4 is 32.6 Å². The zero-order valence-electron chi connectivity index (χ0n) is 30.9.